The van der Waals surface area contributed by atoms with Gasteiger partial charge in [0.2, 0.25) is 0 Å². The van der Waals surface area contributed by atoms with Gasteiger partial charge in [-0.15, -0.1) is 0 Å². The summed E-state index contributed by atoms with van der Waals surface area (Å²) >= 11 is 0. The van der Waals surface area contributed by atoms with Gasteiger partial charge in [0.15, 0.2) is 0 Å². The molecule has 30 heavy (non-hydrogen) atoms. The summed E-state index contributed by atoms with van der Waals surface area (Å²) in [5, 5.41) is 4.79. The Morgan fingerprint density at radius 2 is 1.77 bits per heavy atom. The summed E-state index contributed by atoms with van der Waals surface area (Å²) < 4.78 is 38.2. The van der Waals surface area contributed by atoms with E-state index in [1.54, 1.807) is 12.4 Å². The van der Waals surface area contributed by atoms with Gasteiger partial charge in [-0.05, 0) is 67.7 Å². The lowest BCUT2D eigenvalue weighted by Crippen LogP contribution is -2.41. The molecule has 1 aliphatic heterocycles. The minimum atomic E-state index is -4.52. The van der Waals surface area contributed by atoms with Crippen LogP contribution in [0.1, 0.15) is 24.0 Å². The molecule has 2 N–H and O–H groups in total. The van der Waals surface area contributed by atoms with Crippen molar-refractivity contribution in [3.8, 4) is 0 Å². The van der Waals surface area contributed by atoms with E-state index in [-0.39, 0.29) is 11.6 Å². The van der Waals surface area contributed by atoms with Gasteiger partial charge in [-0.2, -0.15) is 13.2 Å². The molecule has 9 heteroatoms. The maximum atomic E-state index is 12.7. The molecule has 3 rings (SSSR count). The zero-order valence-corrected chi connectivity index (χ0v) is 16.3. The van der Waals surface area contributed by atoms with E-state index in [1.807, 2.05) is 12.1 Å². The van der Waals surface area contributed by atoms with Gasteiger partial charge in [-0.3, -0.25) is 19.5 Å². The van der Waals surface area contributed by atoms with E-state index in [4.69, 9.17) is 0 Å². The lowest BCUT2D eigenvalue weighted by Gasteiger charge is -2.32. The first-order chi connectivity index (χ1) is 14.3. The highest BCUT2D eigenvalue weighted by molar-refractivity contribution is 6.39. The number of aromatic nitrogens is 1. The van der Waals surface area contributed by atoms with Crippen molar-refractivity contribution in [3.63, 3.8) is 0 Å². The highest BCUT2D eigenvalue weighted by Gasteiger charge is 2.30. The number of rotatable bonds is 5. The minimum absolute atomic E-state index is 0.0746. The number of benzene rings is 1. The summed E-state index contributed by atoms with van der Waals surface area (Å²) in [6.07, 6.45) is 0.792. The summed E-state index contributed by atoms with van der Waals surface area (Å²) in [7, 11) is 0. The van der Waals surface area contributed by atoms with E-state index in [0.717, 1.165) is 44.6 Å². The van der Waals surface area contributed by atoms with Crippen LogP contribution >= 0.6 is 0 Å². The van der Waals surface area contributed by atoms with Crippen molar-refractivity contribution in [2.24, 2.45) is 5.92 Å². The van der Waals surface area contributed by atoms with Crippen LogP contribution in [0.4, 0.5) is 18.9 Å². The molecule has 0 bridgehead atoms. The third-order valence-corrected chi connectivity index (χ3v) is 5.07. The number of carbonyl (C=O) groups excluding carboxylic acids is 2. The normalized spacial score (nSPS) is 15.6. The lowest BCUT2D eigenvalue weighted by atomic mass is 9.96. The third kappa shape index (κ3) is 6.28. The van der Waals surface area contributed by atoms with Gasteiger partial charge in [0.05, 0.1) is 5.56 Å². The smallest absolute Gasteiger partial charge is 0.348 e. The van der Waals surface area contributed by atoms with Crippen molar-refractivity contribution in [1.29, 1.82) is 0 Å². The molecule has 1 fully saturated rings. The Labute approximate surface area is 172 Å². The summed E-state index contributed by atoms with van der Waals surface area (Å²) in [6, 6.07) is 8.14. The fraction of sp³-hybridized carbons (Fsp3) is 0.381. The number of anilines is 1. The maximum absolute atomic E-state index is 12.7. The Morgan fingerprint density at radius 3 is 2.43 bits per heavy atom. The number of hydrogen-bond acceptors (Lipinski definition) is 4. The van der Waals surface area contributed by atoms with Gasteiger partial charge >= 0.3 is 18.0 Å². The van der Waals surface area contributed by atoms with Crippen LogP contribution in [0.3, 0.4) is 0 Å². The molecule has 1 saturated heterocycles. The van der Waals surface area contributed by atoms with Crippen LogP contribution in [0.25, 0.3) is 0 Å². The van der Waals surface area contributed by atoms with Gasteiger partial charge in [0, 0.05) is 31.2 Å². The van der Waals surface area contributed by atoms with Crippen molar-refractivity contribution in [1.82, 2.24) is 15.2 Å². The van der Waals surface area contributed by atoms with Crippen LogP contribution in [-0.4, -0.2) is 41.3 Å². The predicted molar refractivity (Wildman–Crippen MR) is 105 cm³/mol. The largest absolute Gasteiger partial charge is 0.416 e. The van der Waals surface area contributed by atoms with E-state index in [1.165, 1.54) is 17.7 Å². The molecule has 1 aromatic carbocycles. The Morgan fingerprint density at radius 1 is 1.07 bits per heavy atom. The van der Waals surface area contributed by atoms with Crippen LogP contribution in [0.2, 0.25) is 0 Å². The van der Waals surface area contributed by atoms with Crippen LogP contribution < -0.4 is 10.6 Å². The summed E-state index contributed by atoms with van der Waals surface area (Å²) in [5.74, 6) is -1.58. The Balaban J connectivity index is 1.41. The van der Waals surface area contributed by atoms with Crippen molar-refractivity contribution < 1.29 is 22.8 Å². The van der Waals surface area contributed by atoms with Crippen molar-refractivity contribution in [2.75, 3.05) is 25.0 Å². The SMILES string of the molecule is O=C(NCC1CCN(Cc2ccncc2)CC1)C(=O)Nc1cccc(C(F)(F)F)c1. The number of likely N-dealkylation sites (tertiary alicyclic amines) is 1. The maximum Gasteiger partial charge on any atom is 0.416 e. The average molecular weight is 420 g/mol. The molecule has 0 atom stereocenters. The van der Waals surface area contributed by atoms with Gasteiger partial charge in [-0.1, -0.05) is 6.07 Å². The summed E-state index contributed by atoms with van der Waals surface area (Å²) in [5.41, 5.74) is 0.233. The Kier molecular flexibility index (Phi) is 7.04. The second-order valence-electron chi connectivity index (χ2n) is 7.32. The van der Waals surface area contributed by atoms with Crippen LogP contribution in [-0.2, 0) is 22.3 Å². The fourth-order valence-corrected chi connectivity index (χ4v) is 3.37. The highest BCUT2D eigenvalue weighted by atomic mass is 19.4. The molecular formula is C21H23F3N4O2. The van der Waals surface area contributed by atoms with Crippen molar-refractivity contribution in [2.45, 2.75) is 25.6 Å². The molecule has 6 nitrogen and oxygen atoms in total. The zero-order chi connectivity index (χ0) is 21.6. The van der Waals surface area contributed by atoms with E-state index < -0.39 is 23.6 Å². The molecule has 0 spiro atoms. The van der Waals surface area contributed by atoms with Crippen LogP contribution in [0.5, 0.6) is 0 Å². The van der Waals surface area contributed by atoms with E-state index >= 15 is 0 Å². The molecule has 0 saturated carbocycles. The molecule has 0 radical (unpaired) electrons. The number of nitrogens with zero attached hydrogens (tertiary/aromatic N) is 2. The molecule has 2 aromatic rings. The molecular weight excluding hydrogens is 397 g/mol. The quantitative estimate of drug-likeness (QED) is 0.730. The van der Waals surface area contributed by atoms with Gasteiger partial charge in [0.25, 0.3) is 0 Å². The monoisotopic (exact) mass is 420 g/mol. The third-order valence-electron chi connectivity index (χ3n) is 5.07. The topological polar surface area (TPSA) is 74.3 Å². The Hall–Kier alpha value is -2.94. The number of carbonyl (C=O) groups is 2. The molecule has 2 amide bonds. The summed E-state index contributed by atoms with van der Waals surface area (Å²) in [4.78, 5) is 30.3. The Bertz CT molecular complexity index is 866. The zero-order valence-electron chi connectivity index (χ0n) is 16.3. The minimum Gasteiger partial charge on any atom is -0.348 e. The van der Waals surface area contributed by atoms with Crippen LogP contribution in [0.15, 0.2) is 48.8 Å². The first-order valence-electron chi connectivity index (χ1n) is 9.69. The first-order valence-corrected chi connectivity index (χ1v) is 9.69. The molecule has 1 aromatic heterocycles. The van der Waals surface area contributed by atoms with Crippen molar-refractivity contribution in [3.05, 3.63) is 59.9 Å². The number of hydrogen-bond donors (Lipinski definition) is 2. The standard InChI is InChI=1S/C21H23F3N4O2/c22-21(23,24)17-2-1-3-18(12-17)27-20(30)19(29)26-13-15-6-10-28(11-7-15)14-16-4-8-25-9-5-16/h1-5,8-9,12,15H,6-7,10-11,13-14H2,(H,26,29)(H,27,30). The molecule has 0 unspecified atom stereocenters. The number of amides is 2. The highest BCUT2D eigenvalue weighted by Crippen LogP contribution is 2.30. The van der Waals surface area contributed by atoms with Gasteiger partial charge in [0.1, 0.15) is 0 Å². The molecule has 160 valence electrons. The molecule has 2 heterocycles. The van der Waals surface area contributed by atoms with Crippen LogP contribution in [0, 0.1) is 5.92 Å². The van der Waals surface area contributed by atoms with Gasteiger partial charge < -0.3 is 10.6 Å². The average Bonchev–Trinajstić information content (AvgIpc) is 2.73. The molecule has 1 aliphatic rings. The number of alkyl halides is 3. The first kappa shape index (κ1) is 21.8. The summed E-state index contributed by atoms with van der Waals surface area (Å²) in [6.45, 7) is 2.98. The van der Waals surface area contributed by atoms with E-state index in [0.29, 0.717) is 6.54 Å². The number of nitrogens with one attached hydrogen (secondary N) is 2. The van der Waals surface area contributed by atoms with E-state index in [2.05, 4.69) is 20.5 Å². The van der Waals surface area contributed by atoms with Gasteiger partial charge in [-0.25, -0.2) is 0 Å². The predicted octanol–water partition coefficient (Wildman–Crippen LogP) is 3.07. The second-order valence-corrected chi connectivity index (χ2v) is 7.32. The number of pyridine rings is 1. The number of halogens is 3. The second kappa shape index (κ2) is 9.71. The number of piperidine rings is 1. The molecule has 0 aliphatic carbocycles. The fourth-order valence-electron chi connectivity index (χ4n) is 3.37. The van der Waals surface area contributed by atoms with Crippen molar-refractivity contribution >= 4 is 17.5 Å². The lowest BCUT2D eigenvalue weighted by molar-refractivity contribution is -0.137. The van der Waals surface area contributed by atoms with E-state index in [9.17, 15) is 22.8 Å².